The molecule has 0 bridgehead atoms. The first-order valence-electron chi connectivity index (χ1n) is 6.95. The zero-order chi connectivity index (χ0) is 16.3. The Bertz CT molecular complexity index is 656. The van der Waals surface area contributed by atoms with E-state index in [1.54, 1.807) is 0 Å². The smallest absolute Gasteiger partial charge is 0.274 e. The van der Waals surface area contributed by atoms with Gasteiger partial charge in [-0.05, 0) is 42.9 Å². The third-order valence-electron chi connectivity index (χ3n) is 3.54. The second-order valence-electron chi connectivity index (χ2n) is 5.37. The maximum Gasteiger partial charge on any atom is 0.274 e. The predicted octanol–water partition coefficient (Wildman–Crippen LogP) is 2.41. The molecule has 1 atom stereocenters. The summed E-state index contributed by atoms with van der Waals surface area (Å²) >= 11 is -1.47. The Labute approximate surface area is 132 Å². The first kappa shape index (κ1) is 17.0. The van der Waals surface area contributed by atoms with Crippen molar-refractivity contribution in [3.05, 3.63) is 28.3 Å². The summed E-state index contributed by atoms with van der Waals surface area (Å²) in [7, 11) is -3.55. The van der Waals surface area contributed by atoms with Crippen LogP contribution in [0.1, 0.15) is 32.1 Å². The molecule has 0 saturated heterocycles. The number of sulfonamides is 1. The topological polar surface area (TPSA) is 112 Å². The highest BCUT2D eigenvalue weighted by Gasteiger charge is 2.31. The average Bonchev–Trinajstić information content (AvgIpc) is 2.46. The Hall–Kier alpha value is -1.32. The molecule has 122 valence electrons. The standard InChI is InChI=1S/C13H18N2O5S2/c1-22(19,20)14-12-8-7-10(15(16)17)9-13(12)21(18)11-5-3-2-4-6-11/h7-9,11,14H,2-6H2,1H3. The lowest BCUT2D eigenvalue weighted by Crippen LogP contribution is -2.25. The van der Waals surface area contributed by atoms with Gasteiger partial charge in [0.05, 0.1) is 17.2 Å². The molecule has 1 aliphatic carbocycles. The Morgan fingerprint density at radius 2 is 1.91 bits per heavy atom. The van der Waals surface area contributed by atoms with Gasteiger partial charge in [0.15, 0.2) is 4.90 Å². The summed E-state index contributed by atoms with van der Waals surface area (Å²) in [5, 5.41) is 10.8. The third kappa shape index (κ3) is 4.34. The number of hydrogen-bond acceptors (Lipinski definition) is 5. The number of anilines is 1. The van der Waals surface area contributed by atoms with Gasteiger partial charge >= 0.3 is 0 Å². The Kier molecular flexibility index (Phi) is 5.30. The van der Waals surface area contributed by atoms with Crippen LogP contribution in [0.3, 0.4) is 0 Å². The summed E-state index contributed by atoms with van der Waals surface area (Å²) in [5.41, 5.74) is -0.0461. The number of nitrogens with zero attached hydrogens (tertiary/aromatic N) is 1. The van der Waals surface area contributed by atoms with Gasteiger partial charge in [0.25, 0.3) is 5.69 Å². The summed E-state index contributed by atoms with van der Waals surface area (Å²) in [6, 6.07) is 3.71. The van der Waals surface area contributed by atoms with E-state index in [0.29, 0.717) is 0 Å². The fourth-order valence-corrected chi connectivity index (χ4v) is 4.87. The molecule has 1 N–H and O–H groups in total. The zero-order valence-electron chi connectivity index (χ0n) is 12.1. The van der Waals surface area contributed by atoms with E-state index in [9.17, 15) is 23.1 Å². The quantitative estimate of drug-likeness (QED) is 0.500. The molecule has 0 heterocycles. The Morgan fingerprint density at radius 1 is 1.27 bits per heavy atom. The molecule has 7 nitrogen and oxygen atoms in total. The van der Waals surface area contributed by atoms with E-state index in [-0.39, 0.29) is 21.5 Å². The predicted molar refractivity (Wildman–Crippen MR) is 84.8 cm³/mol. The maximum atomic E-state index is 12.7. The van der Waals surface area contributed by atoms with Crippen LogP contribution in [0.15, 0.2) is 23.1 Å². The van der Waals surface area contributed by atoms with E-state index in [0.717, 1.165) is 38.4 Å². The molecule has 2 rings (SSSR count). The van der Waals surface area contributed by atoms with Crippen LogP contribution in [-0.4, -0.2) is 29.4 Å². The van der Waals surface area contributed by atoms with E-state index in [2.05, 4.69) is 4.72 Å². The van der Waals surface area contributed by atoms with Crippen molar-refractivity contribution in [1.29, 1.82) is 0 Å². The van der Waals surface area contributed by atoms with E-state index in [1.807, 2.05) is 0 Å². The Morgan fingerprint density at radius 3 is 2.45 bits per heavy atom. The molecule has 1 fully saturated rings. The number of nitro benzene ring substituents is 1. The summed E-state index contributed by atoms with van der Waals surface area (Å²) in [5.74, 6) is 0. The van der Waals surface area contributed by atoms with Gasteiger partial charge in [-0.15, -0.1) is 0 Å². The largest absolute Gasteiger partial charge is 0.611 e. The molecule has 1 aromatic carbocycles. The molecule has 1 saturated carbocycles. The molecular weight excluding hydrogens is 328 g/mol. The summed E-state index contributed by atoms with van der Waals surface area (Å²) in [6.45, 7) is 0. The minimum absolute atomic E-state index is 0.0872. The summed E-state index contributed by atoms with van der Waals surface area (Å²) in [4.78, 5) is 10.5. The molecule has 1 unspecified atom stereocenters. The van der Waals surface area contributed by atoms with Gasteiger partial charge in [-0.3, -0.25) is 14.8 Å². The zero-order valence-corrected chi connectivity index (χ0v) is 13.8. The van der Waals surface area contributed by atoms with Crippen LogP contribution in [0, 0.1) is 10.1 Å². The van der Waals surface area contributed by atoms with Gasteiger partial charge in [0.1, 0.15) is 10.9 Å². The highest BCUT2D eigenvalue weighted by atomic mass is 32.2. The minimum Gasteiger partial charge on any atom is -0.611 e. The third-order valence-corrected chi connectivity index (χ3v) is 5.98. The number of nitrogens with one attached hydrogen (secondary N) is 1. The van der Waals surface area contributed by atoms with Crippen molar-refractivity contribution in [3.63, 3.8) is 0 Å². The van der Waals surface area contributed by atoms with Crippen molar-refractivity contribution in [1.82, 2.24) is 0 Å². The van der Waals surface area contributed by atoms with Crippen LogP contribution in [0.2, 0.25) is 0 Å². The molecule has 22 heavy (non-hydrogen) atoms. The van der Waals surface area contributed by atoms with Crippen molar-refractivity contribution >= 4 is 32.6 Å². The fraction of sp³-hybridized carbons (Fsp3) is 0.538. The van der Waals surface area contributed by atoms with Crippen LogP contribution >= 0.6 is 0 Å². The molecule has 0 radical (unpaired) electrons. The summed E-state index contributed by atoms with van der Waals surface area (Å²) in [6.07, 6.45) is 5.60. The molecule has 0 spiro atoms. The second kappa shape index (κ2) is 6.84. The lowest BCUT2D eigenvalue weighted by Gasteiger charge is -2.25. The highest BCUT2D eigenvalue weighted by Crippen LogP contribution is 2.34. The van der Waals surface area contributed by atoms with Gasteiger partial charge in [-0.1, -0.05) is 6.42 Å². The van der Waals surface area contributed by atoms with Crippen molar-refractivity contribution < 1.29 is 17.9 Å². The van der Waals surface area contributed by atoms with Gasteiger partial charge in [-0.2, -0.15) is 0 Å². The van der Waals surface area contributed by atoms with E-state index in [1.165, 1.54) is 18.2 Å². The number of hydrogen-bond donors (Lipinski definition) is 1. The maximum absolute atomic E-state index is 12.7. The van der Waals surface area contributed by atoms with Crippen molar-refractivity contribution in [2.24, 2.45) is 0 Å². The molecular formula is C13H18N2O5S2. The van der Waals surface area contributed by atoms with Crippen molar-refractivity contribution in [2.45, 2.75) is 42.2 Å². The number of non-ortho nitro benzene ring substituents is 1. The van der Waals surface area contributed by atoms with Gasteiger partial charge < -0.3 is 4.55 Å². The van der Waals surface area contributed by atoms with Crippen LogP contribution in [0.5, 0.6) is 0 Å². The van der Waals surface area contributed by atoms with Crippen LogP contribution < -0.4 is 4.72 Å². The average molecular weight is 346 g/mol. The van der Waals surface area contributed by atoms with E-state index >= 15 is 0 Å². The molecule has 0 amide bonds. The fourth-order valence-electron chi connectivity index (χ4n) is 2.53. The molecule has 0 aromatic heterocycles. The van der Waals surface area contributed by atoms with Crippen LogP contribution in [-0.2, 0) is 21.2 Å². The van der Waals surface area contributed by atoms with Crippen LogP contribution in [0.25, 0.3) is 0 Å². The lowest BCUT2D eigenvalue weighted by atomic mass is 10.0. The monoisotopic (exact) mass is 346 g/mol. The SMILES string of the molecule is CS(=O)(=O)Nc1ccc([N+](=O)[O-])cc1[S+]([O-])C1CCCCC1. The van der Waals surface area contributed by atoms with Gasteiger partial charge in [0.2, 0.25) is 10.0 Å². The van der Waals surface area contributed by atoms with Gasteiger partial charge in [-0.25, -0.2) is 8.42 Å². The molecule has 9 heteroatoms. The number of benzene rings is 1. The van der Waals surface area contributed by atoms with E-state index in [4.69, 9.17) is 0 Å². The van der Waals surface area contributed by atoms with Crippen molar-refractivity contribution in [3.8, 4) is 0 Å². The normalized spacial score (nSPS) is 17.9. The minimum atomic E-state index is -3.55. The van der Waals surface area contributed by atoms with E-state index < -0.39 is 26.1 Å². The number of rotatable bonds is 5. The summed E-state index contributed by atoms with van der Waals surface area (Å²) < 4.78 is 37.9. The van der Waals surface area contributed by atoms with Crippen molar-refractivity contribution in [2.75, 3.05) is 11.0 Å². The van der Waals surface area contributed by atoms with Gasteiger partial charge in [0, 0.05) is 6.07 Å². The highest BCUT2D eigenvalue weighted by molar-refractivity contribution is 7.93. The molecule has 1 aliphatic rings. The number of nitro groups is 1. The van der Waals surface area contributed by atoms with Crippen LogP contribution in [0.4, 0.5) is 11.4 Å². The second-order valence-corrected chi connectivity index (χ2v) is 8.82. The first-order chi connectivity index (χ1) is 10.3. The first-order valence-corrected chi connectivity index (χ1v) is 10.0. The molecule has 0 aliphatic heterocycles. The lowest BCUT2D eigenvalue weighted by molar-refractivity contribution is -0.385. The Balaban J connectivity index is 2.39. The molecule has 1 aromatic rings.